The van der Waals surface area contributed by atoms with Crippen LogP contribution in [0.4, 0.5) is 0 Å². The number of rotatable bonds is 2. The minimum atomic E-state index is 0.351. The molecule has 1 atom stereocenters. The summed E-state index contributed by atoms with van der Waals surface area (Å²) in [6.45, 7) is 0. The van der Waals surface area contributed by atoms with Crippen LogP contribution in [0.1, 0.15) is 36.6 Å². The summed E-state index contributed by atoms with van der Waals surface area (Å²) in [5, 5.41) is 0.351. The van der Waals surface area contributed by atoms with Crippen LogP contribution in [0, 0.1) is 5.92 Å². The summed E-state index contributed by atoms with van der Waals surface area (Å²) in [5.74, 6) is 0.748. The molecule has 1 nitrogen and oxygen atoms in total. The first kappa shape index (κ1) is 9.07. The van der Waals surface area contributed by atoms with Gasteiger partial charge in [0.05, 0.1) is 5.69 Å². The lowest BCUT2D eigenvalue weighted by Gasteiger charge is -2.16. The van der Waals surface area contributed by atoms with E-state index in [4.69, 9.17) is 0 Å². The molecule has 0 saturated heterocycles. The minimum absolute atomic E-state index is 0.351. The lowest BCUT2D eigenvalue weighted by molar-refractivity contribution is 0.530. The topological polar surface area (TPSA) is 12.9 Å². The smallest absolute Gasteiger partial charge is 0.0533 e. The third kappa shape index (κ3) is 2.05. The highest BCUT2D eigenvalue weighted by Gasteiger charge is 2.23. The van der Waals surface area contributed by atoms with Crippen LogP contribution in [0.15, 0.2) is 24.4 Å². The quantitative estimate of drug-likeness (QED) is 0.711. The minimum Gasteiger partial charge on any atom is -0.260 e. The highest BCUT2D eigenvalue weighted by molar-refractivity contribution is 7.80. The van der Waals surface area contributed by atoms with Gasteiger partial charge in [0.15, 0.2) is 0 Å². The van der Waals surface area contributed by atoms with E-state index in [0.29, 0.717) is 5.25 Å². The van der Waals surface area contributed by atoms with E-state index in [2.05, 4.69) is 23.7 Å². The van der Waals surface area contributed by atoms with Gasteiger partial charge in [-0.15, -0.1) is 0 Å². The number of hydrogen-bond donors (Lipinski definition) is 1. The molecule has 0 amide bonds. The van der Waals surface area contributed by atoms with E-state index in [9.17, 15) is 0 Å². The van der Waals surface area contributed by atoms with Crippen molar-refractivity contribution in [3.8, 4) is 0 Å². The van der Waals surface area contributed by atoms with Crippen LogP contribution in [0.2, 0.25) is 0 Å². The normalized spacial score (nSPS) is 20.4. The fourth-order valence-electron chi connectivity index (χ4n) is 2.07. The molecule has 1 aliphatic rings. The number of nitrogens with zero attached hydrogens (tertiary/aromatic N) is 1. The first-order chi connectivity index (χ1) is 6.38. The first-order valence-corrected chi connectivity index (χ1v) is 5.48. The Kier molecular flexibility index (Phi) is 2.89. The zero-order valence-corrected chi connectivity index (χ0v) is 8.58. The Morgan fingerprint density at radius 2 is 2.08 bits per heavy atom. The molecule has 1 saturated carbocycles. The predicted octanol–water partition coefficient (Wildman–Crippen LogP) is 3.24. The van der Waals surface area contributed by atoms with Crippen molar-refractivity contribution < 1.29 is 0 Å². The SMILES string of the molecule is SC(c1ccccn1)C1CCCC1. The van der Waals surface area contributed by atoms with Gasteiger partial charge in [-0.25, -0.2) is 0 Å². The third-order valence-corrected chi connectivity index (χ3v) is 3.52. The van der Waals surface area contributed by atoms with E-state index in [1.54, 1.807) is 0 Å². The van der Waals surface area contributed by atoms with Crippen molar-refractivity contribution in [1.29, 1.82) is 0 Å². The standard InChI is InChI=1S/C11H15NS/c13-11(9-5-1-2-6-9)10-7-3-4-8-12-10/h3-4,7-9,11,13H,1-2,5-6H2. The number of aromatic nitrogens is 1. The van der Waals surface area contributed by atoms with E-state index in [1.165, 1.54) is 25.7 Å². The predicted molar refractivity (Wildman–Crippen MR) is 57.9 cm³/mol. The third-order valence-electron chi connectivity index (χ3n) is 2.84. The Morgan fingerprint density at radius 3 is 2.69 bits per heavy atom. The Bertz CT molecular complexity index is 254. The van der Waals surface area contributed by atoms with Gasteiger partial charge in [0.1, 0.15) is 0 Å². The summed E-state index contributed by atoms with van der Waals surface area (Å²) >= 11 is 4.65. The molecule has 0 aliphatic heterocycles. The average Bonchev–Trinajstić information content (AvgIpc) is 2.71. The molecule has 0 bridgehead atoms. The molecule has 0 N–H and O–H groups in total. The molecule has 1 heterocycles. The van der Waals surface area contributed by atoms with Gasteiger partial charge < -0.3 is 0 Å². The van der Waals surface area contributed by atoms with Crippen molar-refractivity contribution in [3.05, 3.63) is 30.1 Å². The van der Waals surface area contributed by atoms with Crippen molar-refractivity contribution in [1.82, 2.24) is 4.98 Å². The van der Waals surface area contributed by atoms with Crippen molar-refractivity contribution >= 4 is 12.6 Å². The van der Waals surface area contributed by atoms with Crippen LogP contribution in [0.25, 0.3) is 0 Å². The van der Waals surface area contributed by atoms with E-state index >= 15 is 0 Å². The summed E-state index contributed by atoms with van der Waals surface area (Å²) < 4.78 is 0. The Morgan fingerprint density at radius 1 is 1.31 bits per heavy atom. The lowest BCUT2D eigenvalue weighted by Crippen LogP contribution is -2.04. The molecule has 1 aromatic heterocycles. The maximum atomic E-state index is 4.65. The van der Waals surface area contributed by atoms with Crippen LogP contribution in [0.5, 0.6) is 0 Å². The van der Waals surface area contributed by atoms with Crippen LogP contribution in [-0.2, 0) is 0 Å². The highest BCUT2D eigenvalue weighted by atomic mass is 32.1. The second-order valence-electron chi connectivity index (χ2n) is 3.74. The van der Waals surface area contributed by atoms with Crippen LogP contribution in [0.3, 0.4) is 0 Å². The van der Waals surface area contributed by atoms with Crippen molar-refractivity contribution in [2.24, 2.45) is 5.92 Å². The van der Waals surface area contributed by atoms with Gasteiger partial charge in [-0.2, -0.15) is 12.6 Å². The molecular weight excluding hydrogens is 178 g/mol. The molecule has 2 rings (SSSR count). The molecule has 70 valence electrons. The summed E-state index contributed by atoms with van der Waals surface area (Å²) in [6, 6.07) is 6.08. The molecule has 1 aromatic rings. The lowest BCUT2D eigenvalue weighted by atomic mass is 10.0. The van der Waals surface area contributed by atoms with Crippen LogP contribution < -0.4 is 0 Å². The van der Waals surface area contributed by atoms with E-state index in [0.717, 1.165) is 11.6 Å². The number of hydrogen-bond acceptors (Lipinski definition) is 2. The second kappa shape index (κ2) is 4.14. The van der Waals surface area contributed by atoms with E-state index in [-0.39, 0.29) is 0 Å². The zero-order valence-electron chi connectivity index (χ0n) is 7.69. The molecule has 1 fully saturated rings. The first-order valence-electron chi connectivity index (χ1n) is 4.97. The summed E-state index contributed by atoms with van der Waals surface area (Å²) in [6.07, 6.45) is 7.24. The van der Waals surface area contributed by atoms with Gasteiger partial charge in [0, 0.05) is 11.4 Å². The monoisotopic (exact) mass is 193 g/mol. The molecule has 0 radical (unpaired) electrons. The maximum absolute atomic E-state index is 4.65. The van der Waals surface area contributed by atoms with Crippen molar-refractivity contribution in [3.63, 3.8) is 0 Å². The Labute approximate surface area is 85.0 Å². The molecule has 1 unspecified atom stereocenters. The molecular formula is C11H15NS. The van der Waals surface area contributed by atoms with Gasteiger partial charge in [-0.3, -0.25) is 4.98 Å². The molecule has 0 aromatic carbocycles. The van der Waals surface area contributed by atoms with Gasteiger partial charge in [-0.1, -0.05) is 18.9 Å². The van der Waals surface area contributed by atoms with Crippen molar-refractivity contribution in [2.75, 3.05) is 0 Å². The fraction of sp³-hybridized carbons (Fsp3) is 0.545. The van der Waals surface area contributed by atoms with Gasteiger partial charge in [0.2, 0.25) is 0 Å². The Hall–Kier alpha value is -0.500. The Balaban J connectivity index is 2.08. The molecule has 13 heavy (non-hydrogen) atoms. The van der Waals surface area contributed by atoms with Gasteiger partial charge >= 0.3 is 0 Å². The summed E-state index contributed by atoms with van der Waals surface area (Å²) in [7, 11) is 0. The zero-order chi connectivity index (χ0) is 9.10. The maximum Gasteiger partial charge on any atom is 0.0533 e. The largest absolute Gasteiger partial charge is 0.260 e. The molecule has 0 spiro atoms. The molecule has 1 aliphatic carbocycles. The summed E-state index contributed by atoms with van der Waals surface area (Å²) in [5.41, 5.74) is 1.14. The summed E-state index contributed by atoms with van der Waals surface area (Å²) in [4.78, 5) is 4.35. The average molecular weight is 193 g/mol. The van der Waals surface area contributed by atoms with Gasteiger partial charge in [0.25, 0.3) is 0 Å². The fourth-order valence-corrected chi connectivity index (χ4v) is 2.52. The van der Waals surface area contributed by atoms with E-state index < -0.39 is 0 Å². The van der Waals surface area contributed by atoms with Crippen molar-refractivity contribution in [2.45, 2.75) is 30.9 Å². The highest BCUT2D eigenvalue weighted by Crippen LogP contribution is 2.38. The second-order valence-corrected chi connectivity index (χ2v) is 4.30. The van der Waals surface area contributed by atoms with E-state index in [1.807, 2.05) is 18.3 Å². The van der Waals surface area contributed by atoms with Crippen LogP contribution in [-0.4, -0.2) is 4.98 Å². The van der Waals surface area contributed by atoms with Crippen LogP contribution >= 0.6 is 12.6 Å². The van der Waals surface area contributed by atoms with Gasteiger partial charge in [-0.05, 0) is 30.9 Å². The number of pyridine rings is 1. The number of thiol groups is 1. The molecule has 2 heteroatoms.